The van der Waals surface area contributed by atoms with Gasteiger partial charge in [0, 0.05) is 12.1 Å². The summed E-state index contributed by atoms with van der Waals surface area (Å²) in [7, 11) is 0. The number of benzene rings is 2. The number of nitrogens with zero attached hydrogens (tertiary/aromatic N) is 3. The largest absolute Gasteiger partial charge is 0.269 e. The summed E-state index contributed by atoms with van der Waals surface area (Å²) in [6.45, 7) is 0.164. The van der Waals surface area contributed by atoms with E-state index in [0.29, 0.717) is 4.90 Å². The maximum atomic E-state index is 14.4. The third-order valence-electron chi connectivity index (χ3n) is 5.54. The summed E-state index contributed by atoms with van der Waals surface area (Å²) in [5.41, 5.74) is -1.66. The highest BCUT2D eigenvalue weighted by molar-refractivity contribution is 6.23. The van der Waals surface area contributed by atoms with Gasteiger partial charge in [0.15, 0.2) is 5.54 Å². The Balaban J connectivity index is 1.73. The van der Waals surface area contributed by atoms with E-state index in [1.54, 1.807) is 30.3 Å². The van der Waals surface area contributed by atoms with Gasteiger partial charge in [0.05, 0.1) is 28.3 Å². The molecule has 7 nitrogen and oxygen atoms in total. The second-order valence-electron chi connectivity index (χ2n) is 7.22. The molecule has 0 N–H and O–H groups in total. The molecule has 2 heterocycles. The Kier molecular flexibility index (Phi) is 4.74. The molecule has 0 saturated heterocycles. The highest BCUT2D eigenvalue weighted by Gasteiger charge is 2.51. The molecule has 0 saturated carbocycles. The summed E-state index contributed by atoms with van der Waals surface area (Å²) in [4.78, 5) is 52.9. The lowest BCUT2D eigenvalue weighted by molar-refractivity contribution is 0.0454. The molecule has 8 heteroatoms. The Labute approximate surface area is 177 Å². The van der Waals surface area contributed by atoms with Gasteiger partial charge < -0.3 is 0 Å². The van der Waals surface area contributed by atoms with Crippen LogP contribution in [-0.2, 0) is 0 Å². The van der Waals surface area contributed by atoms with Crippen LogP contribution in [-0.4, -0.2) is 45.6 Å². The number of hydrogen-bond donors (Lipinski definition) is 0. The summed E-state index contributed by atoms with van der Waals surface area (Å²) < 4.78 is 14.4. The first kappa shape index (κ1) is 20.2. The Hall–Kier alpha value is -4.12. The molecule has 0 radical (unpaired) electrons. The van der Waals surface area contributed by atoms with Gasteiger partial charge in [0.1, 0.15) is 6.67 Å². The van der Waals surface area contributed by atoms with Crippen LogP contribution in [0.2, 0.25) is 0 Å². The maximum Gasteiger partial charge on any atom is 0.265 e. The van der Waals surface area contributed by atoms with Crippen molar-refractivity contribution in [3.63, 3.8) is 0 Å². The molecule has 2 aromatic carbocycles. The summed E-state index contributed by atoms with van der Waals surface area (Å²) in [5.74, 6) is -2.81. The van der Waals surface area contributed by atoms with Crippen LogP contribution in [0.4, 0.5) is 4.39 Å². The molecule has 2 aliphatic heterocycles. The highest BCUT2D eigenvalue weighted by Crippen LogP contribution is 2.36. The molecule has 4 amide bonds. The van der Waals surface area contributed by atoms with Crippen LogP contribution in [0.25, 0.3) is 0 Å². The van der Waals surface area contributed by atoms with E-state index in [1.807, 2.05) is 0 Å². The molecule has 154 valence electrons. The molecule has 2 aliphatic rings. The van der Waals surface area contributed by atoms with Crippen molar-refractivity contribution >= 4 is 23.6 Å². The predicted molar refractivity (Wildman–Crippen MR) is 107 cm³/mol. The summed E-state index contributed by atoms with van der Waals surface area (Å²) in [5, 5.41) is 9.89. The number of allylic oxidation sites excluding steroid dienone is 1. The first-order chi connectivity index (χ1) is 14.9. The maximum absolute atomic E-state index is 14.4. The molecular formula is C23H16FN3O4. The fourth-order valence-corrected chi connectivity index (χ4v) is 3.94. The molecule has 1 atom stereocenters. The number of carbonyl (C=O) groups is 4. The number of nitriles is 1. The number of fused-ring (bicyclic) bond motifs is 2. The quantitative estimate of drug-likeness (QED) is 0.696. The number of alkyl halides is 1. The van der Waals surface area contributed by atoms with Crippen LogP contribution in [0.1, 0.15) is 54.8 Å². The fourth-order valence-electron chi connectivity index (χ4n) is 3.94. The van der Waals surface area contributed by atoms with Gasteiger partial charge in [0.2, 0.25) is 0 Å². The van der Waals surface area contributed by atoms with E-state index in [-0.39, 0.29) is 28.0 Å². The second kappa shape index (κ2) is 7.29. The van der Waals surface area contributed by atoms with Crippen molar-refractivity contribution in [3.8, 4) is 6.07 Å². The number of rotatable bonds is 5. The van der Waals surface area contributed by atoms with Crippen molar-refractivity contribution in [3.05, 3.63) is 82.6 Å². The zero-order chi connectivity index (χ0) is 22.3. The van der Waals surface area contributed by atoms with E-state index < -0.39 is 42.3 Å². The zero-order valence-corrected chi connectivity index (χ0v) is 16.5. The normalized spacial score (nSPS) is 17.5. The molecule has 0 aliphatic carbocycles. The number of hydrogen-bond acceptors (Lipinski definition) is 5. The minimum Gasteiger partial charge on any atom is -0.269 e. The lowest BCUT2D eigenvalue weighted by atomic mass is 9.93. The Morgan fingerprint density at radius 1 is 0.903 bits per heavy atom. The van der Waals surface area contributed by atoms with Crippen LogP contribution in [0, 0.1) is 11.3 Å². The van der Waals surface area contributed by atoms with Crippen molar-refractivity contribution in [2.45, 2.75) is 18.9 Å². The molecule has 2 aromatic rings. The van der Waals surface area contributed by atoms with Gasteiger partial charge in [-0.3, -0.25) is 24.1 Å². The zero-order valence-electron chi connectivity index (χ0n) is 16.5. The van der Waals surface area contributed by atoms with Crippen LogP contribution in [0.5, 0.6) is 0 Å². The van der Waals surface area contributed by atoms with Crippen molar-refractivity contribution in [1.29, 1.82) is 5.26 Å². The molecule has 1 unspecified atom stereocenters. The van der Waals surface area contributed by atoms with Gasteiger partial charge in [-0.1, -0.05) is 30.3 Å². The topological polar surface area (TPSA) is 98.5 Å². The minimum atomic E-state index is -2.22. The summed E-state index contributed by atoms with van der Waals surface area (Å²) in [6, 6.07) is 14.0. The molecular weight excluding hydrogens is 401 g/mol. The van der Waals surface area contributed by atoms with Gasteiger partial charge in [0.25, 0.3) is 23.6 Å². The Morgan fingerprint density at radius 2 is 1.32 bits per heavy atom. The third kappa shape index (κ3) is 2.78. The molecule has 31 heavy (non-hydrogen) atoms. The average molecular weight is 417 g/mol. The second-order valence-corrected chi connectivity index (χ2v) is 7.22. The highest BCUT2D eigenvalue weighted by atomic mass is 19.1. The number of amides is 4. The van der Waals surface area contributed by atoms with E-state index in [1.165, 1.54) is 37.3 Å². The van der Waals surface area contributed by atoms with E-state index >= 15 is 0 Å². The van der Waals surface area contributed by atoms with Gasteiger partial charge >= 0.3 is 0 Å². The van der Waals surface area contributed by atoms with E-state index in [4.69, 9.17) is 0 Å². The van der Waals surface area contributed by atoms with Gasteiger partial charge in [-0.15, -0.1) is 0 Å². The van der Waals surface area contributed by atoms with Crippen molar-refractivity contribution < 1.29 is 23.6 Å². The Morgan fingerprint density at radius 3 is 1.68 bits per heavy atom. The van der Waals surface area contributed by atoms with Crippen LogP contribution >= 0.6 is 0 Å². The first-order valence-electron chi connectivity index (χ1n) is 9.48. The van der Waals surface area contributed by atoms with Crippen LogP contribution < -0.4 is 0 Å². The van der Waals surface area contributed by atoms with E-state index in [0.717, 1.165) is 4.90 Å². The summed E-state index contributed by atoms with van der Waals surface area (Å²) in [6.07, 6.45) is 0.884. The average Bonchev–Trinajstić information content (AvgIpc) is 3.21. The van der Waals surface area contributed by atoms with Crippen molar-refractivity contribution in [1.82, 2.24) is 9.80 Å². The first-order valence-corrected chi connectivity index (χ1v) is 9.48. The molecule has 0 bridgehead atoms. The lowest BCUT2D eigenvalue weighted by Gasteiger charge is -2.34. The Bertz CT molecular complexity index is 1160. The van der Waals surface area contributed by atoms with Crippen molar-refractivity contribution in [2.24, 2.45) is 0 Å². The van der Waals surface area contributed by atoms with E-state index in [9.17, 15) is 28.8 Å². The SMILES string of the molecule is CC=C(CC(C#N)(CF)N1C(=O)c2ccccc2C1=O)N1C(=O)c2ccccc2C1=O. The minimum absolute atomic E-state index is 0.0296. The summed E-state index contributed by atoms with van der Waals surface area (Å²) >= 11 is 0. The number of imide groups is 2. The lowest BCUT2D eigenvalue weighted by Crippen LogP contribution is -2.54. The fraction of sp³-hybridized carbons (Fsp3) is 0.174. The predicted octanol–water partition coefficient (Wildman–Crippen LogP) is 3.10. The van der Waals surface area contributed by atoms with E-state index in [2.05, 4.69) is 0 Å². The molecule has 0 spiro atoms. The molecule has 0 fully saturated rings. The van der Waals surface area contributed by atoms with Crippen molar-refractivity contribution in [2.75, 3.05) is 6.67 Å². The number of halogens is 1. The molecule has 0 aromatic heterocycles. The molecule has 4 rings (SSSR count). The number of carbonyl (C=O) groups excluding carboxylic acids is 4. The third-order valence-corrected chi connectivity index (χ3v) is 5.54. The van der Waals surface area contributed by atoms with Crippen LogP contribution in [0.15, 0.2) is 60.3 Å². The standard InChI is InChI=1S/C23H16FN3O4/c1-2-14(26-19(28)15-7-3-4-8-16(15)20(26)29)11-23(12-24,13-25)27-21(30)17-9-5-6-10-18(17)22(27)31/h2-10H,11-12H2,1H3. The van der Waals surface area contributed by atoms with Gasteiger partial charge in [-0.25, -0.2) is 9.29 Å². The van der Waals surface area contributed by atoms with Gasteiger partial charge in [-0.2, -0.15) is 5.26 Å². The van der Waals surface area contributed by atoms with Gasteiger partial charge in [-0.05, 0) is 31.2 Å². The monoisotopic (exact) mass is 417 g/mol. The smallest absolute Gasteiger partial charge is 0.265 e. The van der Waals surface area contributed by atoms with Crippen LogP contribution in [0.3, 0.4) is 0 Å².